The van der Waals surface area contributed by atoms with Crippen molar-refractivity contribution in [1.82, 2.24) is 29.9 Å². The Kier molecular flexibility index (Phi) is 4.29. The summed E-state index contributed by atoms with van der Waals surface area (Å²) in [6.45, 7) is 0. The van der Waals surface area contributed by atoms with Crippen LogP contribution in [0.4, 0.5) is 5.69 Å². The predicted molar refractivity (Wildman–Crippen MR) is 111 cm³/mol. The highest BCUT2D eigenvalue weighted by molar-refractivity contribution is 9.10. The van der Waals surface area contributed by atoms with Crippen LogP contribution in [-0.4, -0.2) is 34.9 Å². The van der Waals surface area contributed by atoms with Crippen molar-refractivity contribution in [2.75, 3.05) is 0 Å². The molecule has 5 rings (SSSR count). The quantitative estimate of drug-likeness (QED) is 0.286. The van der Waals surface area contributed by atoms with Crippen LogP contribution in [0.3, 0.4) is 0 Å². The first-order chi connectivity index (χ1) is 14.6. The Morgan fingerprint density at radius 3 is 2.77 bits per heavy atom. The van der Waals surface area contributed by atoms with Crippen LogP contribution in [0.2, 0.25) is 0 Å². The topological polar surface area (TPSA) is 122 Å². The number of aromatic nitrogens is 6. The Labute approximate surface area is 176 Å². The van der Waals surface area contributed by atoms with Crippen LogP contribution in [-0.2, 0) is 0 Å². The first-order valence-electron chi connectivity index (χ1n) is 8.65. The minimum absolute atomic E-state index is 0.0481. The zero-order chi connectivity index (χ0) is 20.7. The first-order valence-corrected chi connectivity index (χ1v) is 9.44. The van der Waals surface area contributed by atoms with Gasteiger partial charge in [0.25, 0.3) is 0 Å². The van der Waals surface area contributed by atoms with E-state index in [1.54, 1.807) is 48.7 Å². The Morgan fingerprint density at radius 1 is 1.03 bits per heavy atom. The third kappa shape index (κ3) is 2.92. The lowest BCUT2D eigenvalue weighted by Gasteiger charge is -2.10. The van der Waals surface area contributed by atoms with Crippen LogP contribution in [0, 0.1) is 10.1 Å². The summed E-state index contributed by atoms with van der Waals surface area (Å²) in [6.07, 6.45) is 2.80. The molecule has 0 amide bonds. The minimum atomic E-state index is -0.602. The maximum Gasteiger partial charge on any atom is 0.375 e. The number of ether oxygens (including phenoxy) is 1. The molecule has 0 fully saturated rings. The SMILES string of the molecule is O=[N+]([O-])c1c(Oc2ccc(Br)c3cccnc23)ncnc1-n1nnc2ccccc21. The molecule has 0 radical (unpaired) electrons. The molecule has 10 nitrogen and oxygen atoms in total. The lowest BCUT2D eigenvalue weighted by Crippen LogP contribution is -2.07. The Hall–Kier alpha value is -3.99. The number of para-hydroxylation sites is 1. The van der Waals surface area contributed by atoms with Crippen LogP contribution < -0.4 is 4.74 Å². The van der Waals surface area contributed by atoms with E-state index >= 15 is 0 Å². The molecule has 0 saturated carbocycles. The monoisotopic (exact) mass is 463 g/mol. The summed E-state index contributed by atoms with van der Waals surface area (Å²) in [6, 6.07) is 14.2. The second-order valence-corrected chi connectivity index (χ2v) is 7.00. The molecule has 0 spiro atoms. The second kappa shape index (κ2) is 7.12. The molecule has 3 aromatic heterocycles. The first kappa shape index (κ1) is 18.1. The Bertz CT molecular complexity index is 1440. The largest absolute Gasteiger partial charge is 0.431 e. The van der Waals surface area contributed by atoms with E-state index in [0.717, 1.165) is 9.86 Å². The zero-order valence-electron chi connectivity index (χ0n) is 15.0. The zero-order valence-corrected chi connectivity index (χ0v) is 16.6. The fourth-order valence-corrected chi connectivity index (χ4v) is 3.52. The van der Waals surface area contributed by atoms with Crippen LogP contribution >= 0.6 is 15.9 Å². The molecule has 30 heavy (non-hydrogen) atoms. The van der Waals surface area contributed by atoms with Crippen molar-refractivity contribution in [3.63, 3.8) is 0 Å². The molecule has 5 aromatic rings. The minimum Gasteiger partial charge on any atom is -0.431 e. The third-order valence-corrected chi connectivity index (χ3v) is 5.08. The highest BCUT2D eigenvalue weighted by Gasteiger charge is 2.28. The maximum absolute atomic E-state index is 11.9. The summed E-state index contributed by atoms with van der Waals surface area (Å²) in [7, 11) is 0. The lowest BCUT2D eigenvalue weighted by atomic mass is 10.2. The summed E-state index contributed by atoms with van der Waals surface area (Å²) in [5.74, 6) is 0.0527. The second-order valence-electron chi connectivity index (χ2n) is 6.15. The molecule has 11 heteroatoms. The Morgan fingerprint density at radius 2 is 1.90 bits per heavy atom. The van der Waals surface area contributed by atoms with Crippen molar-refractivity contribution in [3.8, 4) is 17.4 Å². The molecule has 3 heterocycles. The van der Waals surface area contributed by atoms with Crippen LogP contribution in [0.1, 0.15) is 0 Å². The van der Waals surface area contributed by atoms with Crippen LogP contribution in [0.25, 0.3) is 27.8 Å². The number of halogens is 1. The van der Waals surface area contributed by atoms with Crippen LogP contribution in [0.5, 0.6) is 11.6 Å². The van der Waals surface area contributed by atoms with Gasteiger partial charge in [0, 0.05) is 16.1 Å². The molecule has 0 unspecified atom stereocenters. The molecular weight excluding hydrogens is 454 g/mol. The van der Waals surface area contributed by atoms with Gasteiger partial charge in [0.2, 0.25) is 5.82 Å². The van der Waals surface area contributed by atoms with E-state index in [-0.39, 0.29) is 11.7 Å². The number of fused-ring (bicyclic) bond motifs is 2. The number of nitrogens with zero attached hydrogens (tertiary/aromatic N) is 7. The van der Waals surface area contributed by atoms with Crippen LogP contribution in [0.15, 0.2) is 65.5 Å². The summed E-state index contributed by atoms with van der Waals surface area (Å²) >= 11 is 3.47. The highest BCUT2D eigenvalue weighted by atomic mass is 79.9. The molecule has 0 bridgehead atoms. The van der Waals surface area contributed by atoms with E-state index in [9.17, 15) is 10.1 Å². The molecule has 0 saturated heterocycles. The number of rotatable bonds is 4. The van der Waals surface area contributed by atoms with Gasteiger partial charge in [-0.1, -0.05) is 39.3 Å². The molecule has 0 aliphatic heterocycles. The Balaban J connectivity index is 1.69. The molecule has 146 valence electrons. The number of pyridine rings is 1. The van der Waals surface area contributed by atoms with Crippen molar-refractivity contribution in [1.29, 1.82) is 0 Å². The van der Waals surface area contributed by atoms with E-state index in [0.29, 0.717) is 22.3 Å². The van der Waals surface area contributed by atoms with E-state index in [1.807, 2.05) is 6.07 Å². The smallest absolute Gasteiger partial charge is 0.375 e. The van der Waals surface area contributed by atoms with Gasteiger partial charge in [-0.2, -0.15) is 9.67 Å². The number of hydrogen-bond acceptors (Lipinski definition) is 8. The highest BCUT2D eigenvalue weighted by Crippen LogP contribution is 2.37. The average Bonchev–Trinajstić information content (AvgIpc) is 3.19. The molecule has 0 N–H and O–H groups in total. The van der Waals surface area contributed by atoms with E-state index in [1.165, 1.54) is 11.0 Å². The van der Waals surface area contributed by atoms with Crippen molar-refractivity contribution < 1.29 is 9.66 Å². The van der Waals surface area contributed by atoms with Gasteiger partial charge in [-0.25, -0.2) is 4.98 Å². The van der Waals surface area contributed by atoms with Crippen molar-refractivity contribution in [3.05, 3.63) is 75.6 Å². The third-order valence-electron chi connectivity index (χ3n) is 4.39. The molecule has 0 aliphatic rings. The normalized spacial score (nSPS) is 11.1. The van der Waals surface area contributed by atoms with Crippen molar-refractivity contribution >= 4 is 43.6 Å². The van der Waals surface area contributed by atoms with E-state index in [4.69, 9.17) is 4.74 Å². The van der Waals surface area contributed by atoms with Gasteiger partial charge >= 0.3 is 11.6 Å². The van der Waals surface area contributed by atoms with Gasteiger partial charge in [0.1, 0.15) is 17.4 Å². The fourth-order valence-electron chi connectivity index (χ4n) is 3.07. The number of benzene rings is 2. The van der Waals surface area contributed by atoms with Gasteiger partial charge in [-0.3, -0.25) is 15.1 Å². The molecular formula is C19H10BrN7O3. The summed E-state index contributed by atoms with van der Waals surface area (Å²) in [5.41, 5.74) is 1.25. The maximum atomic E-state index is 11.9. The molecule has 0 atom stereocenters. The predicted octanol–water partition coefficient (Wildman–Crippen LogP) is 4.22. The van der Waals surface area contributed by atoms with Gasteiger partial charge in [-0.05, 0) is 30.3 Å². The van der Waals surface area contributed by atoms with Gasteiger partial charge in [0.15, 0.2) is 5.75 Å². The van der Waals surface area contributed by atoms with Gasteiger partial charge < -0.3 is 4.74 Å². The summed E-state index contributed by atoms with van der Waals surface area (Å²) in [4.78, 5) is 23.7. The van der Waals surface area contributed by atoms with Crippen molar-refractivity contribution in [2.24, 2.45) is 0 Å². The van der Waals surface area contributed by atoms with Gasteiger partial charge in [0.05, 0.1) is 10.4 Å². The number of nitro groups is 1. The van der Waals surface area contributed by atoms with Crippen molar-refractivity contribution in [2.45, 2.75) is 0 Å². The summed E-state index contributed by atoms with van der Waals surface area (Å²) < 4.78 is 7.97. The number of hydrogen-bond donors (Lipinski definition) is 0. The summed E-state index contributed by atoms with van der Waals surface area (Å²) in [5, 5.41) is 20.8. The van der Waals surface area contributed by atoms with E-state index in [2.05, 4.69) is 41.2 Å². The van der Waals surface area contributed by atoms with E-state index < -0.39 is 10.6 Å². The van der Waals surface area contributed by atoms with Gasteiger partial charge in [-0.15, -0.1) is 5.10 Å². The fraction of sp³-hybridized carbons (Fsp3) is 0. The molecule has 0 aliphatic carbocycles. The average molecular weight is 464 g/mol. The standard InChI is InChI=1S/C19H10BrN7O3/c20-12-7-8-15(16-11(12)4-3-9-21-16)30-19-17(27(28)29)18(22-10-23-19)26-14-6-2-1-5-13(14)24-25-26/h1-10H. The molecule has 2 aromatic carbocycles. The lowest BCUT2D eigenvalue weighted by molar-refractivity contribution is -0.386.